The molecule has 0 radical (unpaired) electrons. The zero-order valence-corrected chi connectivity index (χ0v) is 21.5. The average Bonchev–Trinajstić information content (AvgIpc) is 3.05. The molecule has 0 saturated carbocycles. The third kappa shape index (κ3) is 4.50. The molecule has 0 fully saturated rings. The molecule has 7 aromatic rings. The van der Waals surface area contributed by atoms with Crippen LogP contribution >= 0.6 is 0 Å². The van der Waals surface area contributed by atoms with Crippen molar-refractivity contribution >= 4 is 10.8 Å². The first-order valence-electron chi connectivity index (χ1n) is 13.1. The van der Waals surface area contributed by atoms with Crippen LogP contribution in [-0.2, 0) is 0 Å². The van der Waals surface area contributed by atoms with Crippen LogP contribution in [0.1, 0.15) is 0 Å². The molecule has 5 aromatic carbocycles. The number of benzene rings is 5. The molecule has 0 bridgehead atoms. The second kappa shape index (κ2) is 10.3. The molecule has 2 heterocycles. The second-order valence-electron chi connectivity index (χ2n) is 9.45. The minimum atomic E-state index is 0.633. The summed E-state index contributed by atoms with van der Waals surface area (Å²) in [6, 6.07) is 41.2. The van der Waals surface area contributed by atoms with Crippen LogP contribution in [0.5, 0.6) is 0 Å². The van der Waals surface area contributed by atoms with Crippen LogP contribution in [0.2, 0.25) is 0 Å². The first-order valence-corrected chi connectivity index (χ1v) is 13.1. The van der Waals surface area contributed by atoms with Crippen molar-refractivity contribution in [2.45, 2.75) is 0 Å². The SMILES string of the molecule is c1ccc(-c2nc(-c3ccccc3)nc(-c3ccc(-c4c(-c5cncnc5)ccc5ccccc45)cc3)n2)cc1. The van der Waals surface area contributed by atoms with Crippen LogP contribution in [0.15, 0.2) is 140 Å². The van der Waals surface area contributed by atoms with E-state index in [0.717, 1.165) is 38.9 Å². The van der Waals surface area contributed by atoms with Crippen molar-refractivity contribution in [3.05, 3.63) is 140 Å². The van der Waals surface area contributed by atoms with Crippen LogP contribution in [0.25, 0.3) is 67.2 Å². The van der Waals surface area contributed by atoms with Gasteiger partial charge in [-0.15, -0.1) is 0 Å². The van der Waals surface area contributed by atoms with E-state index in [1.807, 2.05) is 73.1 Å². The van der Waals surface area contributed by atoms with Crippen molar-refractivity contribution in [3.8, 4) is 56.4 Å². The Morgan fingerprint density at radius 1 is 0.375 bits per heavy atom. The Bertz CT molecular complexity index is 1860. The van der Waals surface area contributed by atoms with Crippen LogP contribution in [0, 0.1) is 0 Å². The van der Waals surface area contributed by atoms with Crippen molar-refractivity contribution in [2.75, 3.05) is 0 Å². The Kier molecular flexibility index (Phi) is 6.07. The maximum atomic E-state index is 4.88. The number of hydrogen-bond donors (Lipinski definition) is 0. The molecule has 0 aliphatic rings. The van der Waals surface area contributed by atoms with E-state index in [1.165, 1.54) is 10.8 Å². The highest BCUT2D eigenvalue weighted by Crippen LogP contribution is 2.38. The zero-order chi connectivity index (χ0) is 26.7. The first kappa shape index (κ1) is 23.6. The largest absolute Gasteiger partial charge is 0.244 e. The van der Waals surface area contributed by atoms with Crippen molar-refractivity contribution in [2.24, 2.45) is 0 Å². The summed E-state index contributed by atoms with van der Waals surface area (Å²) in [5.74, 6) is 1.93. The predicted octanol–water partition coefficient (Wildman–Crippen LogP) is 8.15. The predicted molar refractivity (Wildman–Crippen MR) is 160 cm³/mol. The Balaban J connectivity index is 1.37. The van der Waals surface area contributed by atoms with Crippen LogP contribution in [0.4, 0.5) is 0 Å². The molecule has 0 unspecified atom stereocenters. The molecule has 0 N–H and O–H groups in total. The Labute approximate surface area is 231 Å². The van der Waals surface area contributed by atoms with Gasteiger partial charge in [0.2, 0.25) is 0 Å². The fourth-order valence-corrected chi connectivity index (χ4v) is 4.98. The minimum absolute atomic E-state index is 0.633. The van der Waals surface area contributed by atoms with Crippen LogP contribution in [-0.4, -0.2) is 24.9 Å². The van der Waals surface area contributed by atoms with E-state index in [1.54, 1.807) is 6.33 Å². The summed E-state index contributed by atoms with van der Waals surface area (Å²) in [7, 11) is 0. The molecular weight excluding hydrogens is 490 g/mol. The van der Waals surface area contributed by atoms with Gasteiger partial charge in [-0.1, -0.05) is 121 Å². The van der Waals surface area contributed by atoms with Gasteiger partial charge in [-0.25, -0.2) is 24.9 Å². The molecule has 40 heavy (non-hydrogen) atoms. The zero-order valence-electron chi connectivity index (χ0n) is 21.5. The van der Waals surface area contributed by atoms with Gasteiger partial charge in [0.15, 0.2) is 17.5 Å². The standard InChI is InChI=1S/C35H23N5/c1-3-10-26(11-4-1)33-38-34(27-12-5-2-6-13-27)40-35(39-33)28-17-15-25(16-18-28)32-30-14-8-7-9-24(30)19-20-31(32)29-21-36-23-37-22-29/h1-23H. The topological polar surface area (TPSA) is 64.5 Å². The summed E-state index contributed by atoms with van der Waals surface area (Å²) < 4.78 is 0. The van der Waals surface area contributed by atoms with Gasteiger partial charge < -0.3 is 0 Å². The summed E-state index contributed by atoms with van der Waals surface area (Å²) in [5, 5.41) is 2.36. The monoisotopic (exact) mass is 513 g/mol. The molecule has 0 saturated heterocycles. The van der Waals surface area contributed by atoms with Gasteiger partial charge in [-0.3, -0.25) is 0 Å². The van der Waals surface area contributed by atoms with Crippen LogP contribution < -0.4 is 0 Å². The molecule has 0 aliphatic heterocycles. The minimum Gasteiger partial charge on any atom is -0.244 e. The molecule has 0 atom stereocenters. The van der Waals surface area contributed by atoms with Crippen molar-refractivity contribution in [3.63, 3.8) is 0 Å². The van der Waals surface area contributed by atoms with Gasteiger partial charge in [-0.05, 0) is 27.5 Å². The van der Waals surface area contributed by atoms with Gasteiger partial charge in [0, 0.05) is 34.6 Å². The Hall–Kier alpha value is -5.55. The number of rotatable bonds is 5. The number of hydrogen-bond acceptors (Lipinski definition) is 5. The summed E-state index contributed by atoms with van der Waals surface area (Å²) in [6.45, 7) is 0. The fraction of sp³-hybridized carbons (Fsp3) is 0. The molecule has 188 valence electrons. The van der Waals surface area contributed by atoms with Gasteiger partial charge in [0.1, 0.15) is 6.33 Å². The van der Waals surface area contributed by atoms with E-state index in [-0.39, 0.29) is 0 Å². The second-order valence-corrected chi connectivity index (χ2v) is 9.45. The van der Waals surface area contributed by atoms with Crippen molar-refractivity contribution < 1.29 is 0 Å². The third-order valence-electron chi connectivity index (χ3n) is 6.93. The molecular formula is C35H23N5. The highest BCUT2D eigenvalue weighted by atomic mass is 15.0. The maximum absolute atomic E-state index is 4.88. The number of fused-ring (bicyclic) bond motifs is 1. The van der Waals surface area contributed by atoms with E-state index in [9.17, 15) is 0 Å². The lowest BCUT2D eigenvalue weighted by atomic mass is 9.90. The maximum Gasteiger partial charge on any atom is 0.164 e. The van der Waals surface area contributed by atoms with E-state index in [2.05, 4.69) is 70.6 Å². The first-order chi connectivity index (χ1) is 19.8. The van der Waals surface area contributed by atoms with E-state index in [0.29, 0.717) is 17.5 Å². The van der Waals surface area contributed by atoms with Gasteiger partial charge in [0.05, 0.1) is 0 Å². The quantitative estimate of drug-likeness (QED) is 0.232. The number of aromatic nitrogens is 5. The summed E-state index contributed by atoms with van der Waals surface area (Å²) in [6.07, 6.45) is 5.27. The highest BCUT2D eigenvalue weighted by molar-refractivity contribution is 6.04. The fourth-order valence-electron chi connectivity index (χ4n) is 4.98. The summed E-state index contributed by atoms with van der Waals surface area (Å²) >= 11 is 0. The molecule has 7 rings (SSSR count). The lowest BCUT2D eigenvalue weighted by molar-refractivity contribution is 1.07. The van der Waals surface area contributed by atoms with Crippen molar-refractivity contribution in [1.82, 2.24) is 24.9 Å². The normalized spacial score (nSPS) is 11.0. The number of nitrogens with zero attached hydrogens (tertiary/aromatic N) is 5. The Morgan fingerprint density at radius 3 is 1.48 bits per heavy atom. The van der Waals surface area contributed by atoms with E-state index in [4.69, 9.17) is 15.0 Å². The third-order valence-corrected chi connectivity index (χ3v) is 6.93. The molecule has 2 aromatic heterocycles. The Morgan fingerprint density at radius 2 is 0.875 bits per heavy atom. The smallest absolute Gasteiger partial charge is 0.164 e. The average molecular weight is 514 g/mol. The lowest BCUT2D eigenvalue weighted by Gasteiger charge is -2.14. The molecule has 0 amide bonds. The molecule has 5 heteroatoms. The molecule has 5 nitrogen and oxygen atoms in total. The van der Waals surface area contributed by atoms with Crippen LogP contribution in [0.3, 0.4) is 0 Å². The van der Waals surface area contributed by atoms with Crippen molar-refractivity contribution in [1.29, 1.82) is 0 Å². The highest BCUT2D eigenvalue weighted by Gasteiger charge is 2.15. The van der Waals surface area contributed by atoms with E-state index < -0.39 is 0 Å². The molecule has 0 aliphatic carbocycles. The van der Waals surface area contributed by atoms with Gasteiger partial charge in [-0.2, -0.15) is 0 Å². The summed E-state index contributed by atoms with van der Waals surface area (Å²) in [4.78, 5) is 23.1. The summed E-state index contributed by atoms with van der Waals surface area (Å²) in [5.41, 5.74) is 7.13. The van der Waals surface area contributed by atoms with Gasteiger partial charge >= 0.3 is 0 Å². The lowest BCUT2D eigenvalue weighted by Crippen LogP contribution is -2.00. The molecule has 0 spiro atoms. The van der Waals surface area contributed by atoms with E-state index >= 15 is 0 Å². The van der Waals surface area contributed by atoms with Gasteiger partial charge in [0.25, 0.3) is 0 Å².